The number of hydrogen-bond donors (Lipinski definition) is 2. The van der Waals surface area contributed by atoms with Crippen LogP contribution in [0, 0.1) is 0 Å². The van der Waals surface area contributed by atoms with Gasteiger partial charge in [0.1, 0.15) is 5.69 Å². The molecule has 0 bridgehead atoms. The van der Waals surface area contributed by atoms with Gasteiger partial charge in [-0.3, -0.25) is 4.98 Å². The normalized spacial score (nSPS) is 16.5. The molecule has 1 aromatic heterocycles. The predicted molar refractivity (Wildman–Crippen MR) is 86.9 cm³/mol. The average molecular weight is 288 g/mol. The number of aliphatic imine (C=N–C) groups is 1. The second kappa shape index (κ2) is 3.98. The van der Waals surface area contributed by atoms with Gasteiger partial charge in [-0.05, 0) is 29.7 Å². The molecule has 0 unspecified atom stereocenters. The van der Waals surface area contributed by atoms with Gasteiger partial charge >= 0.3 is 0 Å². The molecule has 0 amide bonds. The van der Waals surface area contributed by atoms with Crippen molar-refractivity contribution in [2.24, 2.45) is 4.99 Å². The smallest absolute Gasteiger partial charge is 0.297 e. The Bertz CT molecular complexity index is 910. The number of ether oxygens (including phenoxy) is 1. The summed E-state index contributed by atoms with van der Waals surface area (Å²) in [5, 5.41) is 8.77. The monoisotopic (exact) mass is 288 g/mol. The van der Waals surface area contributed by atoms with Crippen LogP contribution >= 0.6 is 0 Å². The fourth-order valence-corrected chi connectivity index (χ4v) is 2.94. The summed E-state index contributed by atoms with van der Waals surface area (Å²) in [6.45, 7) is 0. The van der Waals surface area contributed by atoms with E-state index in [0.29, 0.717) is 0 Å². The first kappa shape index (κ1) is 11.6. The number of hydrogen-bond acceptors (Lipinski definition) is 5. The molecule has 2 N–H and O–H groups in total. The Hall–Kier alpha value is -3.08. The lowest BCUT2D eigenvalue weighted by atomic mass is 10.1. The number of nitrogens with zero attached hydrogens (tertiary/aromatic N) is 2. The van der Waals surface area contributed by atoms with Gasteiger partial charge in [0.05, 0.1) is 17.6 Å². The molecular formula is C17H12N4O. The lowest BCUT2D eigenvalue weighted by molar-refractivity contribution is 0.208. The minimum Gasteiger partial charge on any atom is -0.443 e. The maximum atomic E-state index is 6.17. The third kappa shape index (κ3) is 1.53. The van der Waals surface area contributed by atoms with Crippen molar-refractivity contribution in [3.05, 3.63) is 54.9 Å². The maximum Gasteiger partial charge on any atom is 0.297 e. The first-order valence-electron chi connectivity index (χ1n) is 7.09. The molecule has 5 heteroatoms. The first-order valence-corrected chi connectivity index (χ1v) is 7.09. The van der Waals surface area contributed by atoms with E-state index in [-0.39, 0.29) is 0 Å². The summed E-state index contributed by atoms with van der Waals surface area (Å²) in [6, 6.07) is 13.9. The molecule has 5 rings (SSSR count). The Morgan fingerprint density at radius 2 is 1.77 bits per heavy atom. The highest BCUT2D eigenvalue weighted by Crippen LogP contribution is 2.42. The number of fused-ring (bicyclic) bond motifs is 4. The Morgan fingerprint density at radius 3 is 2.59 bits per heavy atom. The molecule has 2 aliphatic rings. The van der Waals surface area contributed by atoms with Crippen LogP contribution in [-0.4, -0.2) is 17.0 Å². The molecule has 0 aliphatic carbocycles. The number of nitrogens with one attached hydrogen (secondary N) is 2. The van der Waals surface area contributed by atoms with Crippen molar-refractivity contribution in [2.75, 3.05) is 10.6 Å². The Morgan fingerprint density at radius 1 is 0.955 bits per heavy atom. The van der Waals surface area contributed by atoms with E-state index < -0.39 is 5.85 Å². The molecule has 22 heavy (non-hydrogen) atoms. The molecule has 2 aromatic carbocycles. The molecule has 0 radical (unpaired) electrons. The van der Waals surface area contributed by atoms with Gasteiger partial charge in [-0.25, -0.2) is 4.99 Å². The minimum atomic E-state index is -0.827. The molecule has 106 valence electrons. The molecule has 0 saturated heterocycles. The van der Waals surface area contributed by atoms with E-state index in [1.807, 2.05) is 48.7 Å². The molecule has 2 aliphatic heterocycles. The van der Waals surface area contributed by atoms with E-state index in [1.165, 1.54) is 0 Å². The Labute approximate surface area is 126 Å². The van der Waals surface area contributed by atoms with Crippen LogP contribution in [0.4, 0.5) is 17.1 Å². The fraction of sp³-hybridized carbons (Fsp3) is 0.0588. The molecule has 1 spiro atoms. The van der Waals surface area contributed by atoms with Gasteiger partial charge < -0.3 is 15.4 Å². The largest absolute Gasteiger partial charge is 0.443 e. The number of rotatable bonds is 0. The lowest BCUT2D eigenvalue weighted by Crippen LogP contribution is -2.50. The van der Waals surface area contributed by atoms with Gasteiger partial charge in [-0.2, -0.15) is 0 Å². The fourth-order valence-electron chi connectivity index (χ4n) is 2.94. The van der Waals surface area contributed by atoms with Gasteiger partial charge in [0, 0.05) is 17.8 Å². The van der Waals surface area contributed by atoms with Crippen LogP contribution in [0.1, 0.15) is 0 Å². The van der Waals surface area contributed by atoms with E-state index in [4.69, 9.17) is 4.74 Å². The third-order valence-corrected chi connectivity index (χ3v) is 3.97. The number of pyridine rings is 1. The van der Waals surface area contributed by atoms with E-state index in [0.717, 1.165) is 33.6 Å². The topological polar surface area (TPSA) is 58.5 Å². The zero-order valence-electron chi connectivity index (χ0n) is 11.6. The molecular weight excluding hydrogens is 276 g/mol. The lowest BCUT2D eigenvalue weighted by Gasteiger charge is -2.31. The summed E-state index contributed by atoms with van der Waals surface area (Å²) in [5.74, 6) is -0.0946. The van der Waals surface area contributed by atoms with Crippen LogP contribution in [0.25, 0.3) is 10.8 Å². The van der Waals surface area contributed by atoms with Crippen LogP contribution in [0.15, 0.2) is 59.9 Å². The Balaban J connectivity index is 1.61. The molecule has 0 fully saturated rings. The van der Waals surface area contributed by atoms with Gasteiger partial charge in [0.2, 0.25) is 0 Å². The van der Waals surface area contributed by atoms with E-state index in [9.17, 15) is 0 Å². The summed E-state index contributed by atoms with van der Waals surface area (Å²) in [6.07, 6.45) is 5.36. The summed E-state index contributed by atoms with van der Waals surface area (Å²) < 4.78 is 6.17. The van der Waals surface area contributed by atoms with Gasteiger partial charge in [-0.1, -0.05) is 18.2 Å². The van der Waals surface area contributed by atoms with E-state index in [2.05, 4.69) is 20.6 Å². The molecule has 3 heterocycles. The molecule has 5 nitrogen and oxygen atoms in total. The van der Waals surface area contributed by atoms with Crippen LogP contribution in [0.3, 0.4) is 0 Å². The van der Waals surface area contributed by atoms with Crippen molar-refractivity contribution in [3.63, 3.8) is 0 Å². The quantitative estimate of drug-likeness (QED) is 0.664. The van der Waals surface area contributed by atoms with Crippen molar-refractivity contribution >= 4 is 34.0 Å². The van der Waals surface area contributed by atoms with Crippen molar-refractivity contribution in [1.29, 1.82) is 0 Å². The first-order chi connectivity index (χ1) is 10.8. The SMILES string of the molecule is C1=Nc2c(ccc3ccncc23)OC12Nc1ccccc1N2. The maximum absolute atomic E-state index is 6.17. The van der Waals surface area contributed by atoms with Crippen LogP contribution < -0.4 is 15.4 Å². The summed E-state index contributed by atoms with van der Waals surface area (Å²) >= 11 is 0. The third-order valence-electron chi connectivity index (χ3n) is 3.97. The summed E-state index contributed by atoms with van der Waals surface area (Å²) in [4.78, 5) is 8.81. The predicted octanol–water partition coefficient (Wildman–Crippen LogP) is 3.52. The molecule has 0 atom stereocenters. The van der Waals surface area contributed by atoms with Gasteiger partial charge in [0.25, 0.3) is 5.85 Å². The van der Waals surface area contributed by atoms with Crippen molar-refractivity contribution in [2.45, 2.75) is 5.85 Å². The van der Waals surface area contributed by atoms with Crippen molar-refractivity contribution in [1.82, 2.24) is 4.98 Å². The number of para-hydroxylation sites is 2. The Kier molecular flexibility index (Phi) is 2.09. The van der Waals surface area contributed by atoms with Gasteiger partial charge in [-0.15, -0.1) is 0 Å². The molecule has 0 saturated carbocycles. The van der Waals surface area contributed by atoms with Crippen LogP contribution in [0.5, 0.6) is 5.75 Å². The number of anilines is 2. The zero-order valence-corrected chi connectivity index (χ0v) is 11.6. The van der Waals surface area contributed by atoms with Crippen molar-refractivity contribution < 1.29 is 4.74 Å². The number of benzene rings is 2. The highest BCUT2D eigenvalue weighted by molar-refractivity contribution is 5.99. The number of aromatic nitrogens is 1. The highest BCUT2D eigenvalue weighted by atomic mass is 16.5. The van der Waals surface area contributed by atoms with Crippen molar-refractivity contribution in [3.8, 4) is 5.75 Å². The average Bonchev–Trinajstić information content (AvgIpc) is 2.91. The van der Waals surface area contributed by atoms with Gasteiger partial charge in [0.15, 0.2) is 5.75 Å². The van der Waals surface area contributed by atoms with Crippen LogP contribution in [0.2, 0.25) is 0 Å². The summed E-state index contributed by atoms with van der Waals surface area (Å²) in [5.41, 5.74) is 2.82. The minimum absolute atomic E-state index is 0.732. The zero-order chi connectivity index (χ0) is 14.6. The second-order valence-corrected chi connectivity index (χ2v) is 5.40. The van der Waals surface area contributed by atoms with E-state index in [1.54, 1.807) is 12.4 Å². The van der Waals surface area contributed by atoms with E-state index >= 15 is 0 Å². The standard InChI is InChI=1S/C17H12N4O/c1-2-4-14-13(3-1)20-17(21-14)10-19-16-12-9-18-8-7-11(12)5-6-15(16)22-17/h1-10,20-21H. The second-order valence-electron chi connectivity index (χ2n) is 5.40. The summed E-state index contributed by atoms with van der Waals surface area (Å²) in [7, 11) is 0. The molecule has 3 aromatic rings. The highest BCUT2D eigenvalue weighted by Gasteiger charge is 2.39. The van der Waals surface area contributed by atoms with Crippen LogP contribution in [-0.2, 0) is 0 Å².